The summed E-state index contributed by atoms with van der Waals surface area (Å²) in [5, 5.41) is 1.16. The Morgan fingerprint density at radius 2 is 1.95 bits per heavy atom. The third kappa shape index (κ3) is 2.05. The first kappa shape index (κ1) is 13.6. The van der Waals surface area contributed by atoms with Crippen LogP contribution in [0.1, 0.15) is 38.4 Å². The molecule has 0 atom stereocenters. The first-order chi connectivity index (χ1) is 10.8. The van der Waals surface area contributed by atoms with E-state index in [0.717, 1.165) is 41.1 Å². The molecule has 1 aliphatic rings. The molecule has 3 aromatic rings. The number of para-hydroxylation sites is 1. The molecule has 0 saturated heterocycles. The fraction of sp³-hybridized carbons (Fsp3) is 0.444. The molecule has 4 nitrogen and oxygen atoms in total. The number of anilines is 1. The summed E-state index contributed by atoms with van der Waals surface area (Å²) in [6, 6.07) is 8.25. The second-order valence-corrected chi connectivity index (χ2v) is 6.35. The van der Waals surface area contributed by atoms with Crippen molar-refractivity contribution in [3.63, 3.8) is 0 Å². The average Bonchev–Trinajstić information content (AvgIpc) is 3.16. The summed E-state index contributed by atoms with van der Waals surface area (Å²) in [5.41, 5.74) is 9.18. The molecule has 114 valence electrons. The molecule has 2 heterocycles. The van der Waals surface area contributed by atoms with Crippen LogP contribution in [0.25, 0.3) is 21.9 Å². The van der Waals surface area contributed by atoms with Gasteiger partial charge >= 0.3 is 0 Å². The lowest BCUT2D eigenvalue weighted by Crippen LogP contribution is -2.10. The minimum atomic E-state index is 0.550. The van der Waals surface area contributed by atoms with Crippen LogP contribution in [0.2, 0.25) is 0 Å². The fourth-order valence-corrected chi connectivity index (χ4v) is 3.82. The Morgan fingerprint density at radius 1 is 1.18 bits per heavy atom. The lowest BCUT2D eigenvalue weighted by molar-refractivity contribution is 0.456. The zero-order valence-electron chi connectivity index (χ0n) is 13.0. The largest absolute Gasteiger partial charge is 0.382 e. The molecule has 0 bridgehead atoms. The highest BCUT2D eigenvalue weighted by molar-refractivity contribution is 6.06. The molecule has 0 unspecified atom stereocenters. The summed E-state index contributed by atoms with van der Waals surface area (Å²) < 4.78 is 2.41. The number of pyridine rings is 1. The van der Waals surface area contributed by atoms with Gasteiger partial charge in [-0.2, -0.15) is 0 Å². The summed E-state index contributed by atoms with van der Waals surface area (Å²) in [4.78, 5) is 9.32. The van der Waals surface area contributed by atoms with Gasteiger partial charge < -0.3 is 10.3 Å². The maximum atomic E-state index is 6.18. The number of nitrogen functional groups attached to an aromatic ring is 1. The Labute approximate surface area is 130 Å². The maximum absolute atomic E-state index is 6.18. The lowest BCUT2D eigenvalue weighted by atomic mass is 10.1. The van der Waals surface area contributed by atoms with Crippen LogP contribution in [0, 0.1) is 5.92 Å². The van der Waals surface area contributed by atoms with Gasteiger partial charge in [0, 0.05) is 18.4 Å². The number of benzene rings is 1. The number of nitrogens with two attached hydrogens (primary N) is 1. The van der Waals surface area contributed by atoms with Crippen LogP contribution in [0.15, 0.2) is 24.3 Å². The van der Waals surface area contributed by atoms with E-state index in [4.69, 9.17) is 10.7 Å². The number of imidazole rings is 1. The molecule has 4 rings (SSSR count). The summed E-state index contributed by atoms with van der Waals surface area (Å²) in [6.45, 7) is 3.23. The molecule has 2 N–H and O–H groups in total. The molecule has 1 fully saturated rings. The van der Waals surface area contributed by atoms with Gasteiger partial charge in [0.15, 0.2) is 5.82 Å². The van der Waals surface area contributed by atoms with Crippen LogP contribution in [0.3, 0.4) is 0 Å². The Balaban J connectivity index is 1.99. The maximum Gasteiger partial charge on any atom is 0.152 e. The van der Waals surface area contributed by atoms with E-state index in [1.807, 2.05) is 12.1 Å². The predicted octanol–water partition coefficient (Wildman–Crippen LogP) is 3.92. The third-order valence-corrected chi connectivity index (χ3v) is 4.92. The highest BCUT2D eigenvalue weighted by atomic mass is 15.1. The van der Waals surface area contributed by atoms with Gasteiger partial charge in [-0.15, -0.1) is 0 Å². The van der Waals surface area contributed by atoms with Crippen molar-refractivity contribution in [1.29, 1.82) is 0 Å². The smallest absolute Gasteiger partial charge is 0.152 e. The number of nitrogens with zero attached hydrogens (tertiary/aromatic N) is 3. The number of fused-ring (bicyclic) bond motifs is 3. The molecular weight excluding hydrogens is 272 g/mol. The lowest BCUT2D eigenvalue weighted by Gasteiger charge is -2.14. The molecular formula is C18H22N4. The van der Waals surface area contributed by atoms with E-state index in [9.17, 15) is 0 Å². The van der Waals surface area contributed by atoms with Crippen LogP contribution < -0.4 is 5.73 Å². The van der Waals surface area contributed by atoms with Crippen LogP contribution in [-0.2, 0) is 13.0 Å². The van der Waals surface area contributed by atoms with Crippen molar-refractivity contribution >= 4 is 27.8 Å². The van der Waals surface area contributed by atoms with Crippen molar-refractivity contribution in [2.45, 2.75) is 45.6 Å². The van der Waals surface area contributed by atoms with Crippen LogP contribution in [-0.4, -0.2) is 14.5 Å². The molecule has 0 spiro atoms. The van der Waals surface area contributed by atoms with Gasteiger partial charge in [0.05, 0.1) is 11.0 Å². The minimum absolute atomic E-state index is 0.550. The minimum Gasteiger partial charge on any atom is -0.382 e. The number of aryl methyl sites for hydroxylation is 1. The summed E-state index contributed by atoms with van der Waals surface area (Å²) in [6.07, 6.45) is 6.32. The number of aromatic nitrogens is 3. The Hall–Kier alpha value is -2.10. The van der Waals surface area contributed by atoms with Crippen molar-refractivity contribution < 1.29 is 0 Å². The van der Waals surface area contributed by atoms with Gasteiger partial charge in [-0.1, -0.05) is 38.0 Å². The molecule has 1 aliphatic carbocycles. The highest BCUT2D eigenvalue weighted by Crippen LogP contribution is 2.32. The van der Waals surface area contributed by atoms with Gasteiger partial charge in [0.1, 0.15) is 11.3 Å². The van der Waals surface area contributed by atoms with E-state index < -0.39 is 0 Å². The van der Waals surface area contributed by atoms with E-state index in [1.54, 1.807) is 0 Å². The molecule has 2 aromatic heterocycles. The molecule has 0 radical (unpaired) electrons. The van der Waals surface area contributed by atoms with E-state index in [1.165, 1.54) is 31.2 Å². The zero-order valence-corrected chi connectivity index (χ0v) is 13.0. The monoisotopic (exact) mass is 294 g/mol. The number of rotatable bonds is 3. The average molecular weight is 294 g/mol. The quantitative estimate of drug-likeness (QED) is 0.796. The normalized spacial score (nSPS) is 16.0. The van der Waals surface area contributed by atoms with Gasteiger partial charge in [-0.3, -0.25) is 0 Å². The van der Waals surface area contributed by atoms with E-state index in [-0.39, 0.29) is 0 Å². The topological polar surface area (TPSA) is 56.7 Å². The van der Waals surface area contributed by atoms with Crippen molar-refractivity contribution in [2.75, 3.05) is 5.73 Å². The van der Waals surface area contributed by atoms with Crippen LogP contribution in [0.4, 0.5) is 5.82 Å². The summed E-state index contributed by atoms with van der Waals surface area (Å²) in [5.74, 6) is 2.45. The molecule has 0 amide bonds. The Kier molecular flexibility index (Phi) is 3.25. The molecule has 0 aliphatic heterocycles. The molecule has 1 saturated carbocycles. The van der Waals surface area contributed by atoms with Crippen molar-refractivity contribution in [3.05, 3.63) is 30.1 Å². The second kappa shape index (κ2) is 5.27. The van der Waals surface area contributed by atoms with E-state index >= 15 is 0 Å². The van der Waals surface area contributed by atoms with Crippen LogP contribution >= 0.6 is 0 Å². The standard InChI is InChI=1S/C18H22N4/c1-2-15-21-16-17(22(15)11-12-7-3-4-8-12)13-9-5-6-10-14(13)20-18(16)19/h5-6,9-10,12H,2-4,7-8,11H2,1H3,(H2,19,20). The fourth-order valence-electron chi connectivity index (χ4n) is 3.82. The third-order valence-electron chi connectivity index (χ3n) is 4.92. The Bertz CT molecular complexity index is 828. The van der Waals surface area contributed by atoms with Gasteiger partial charge in [0.25, 0.3) is 0 Å². The van der Waals surface area contributed by atoms with E-state index in [0.29, 0.717) is 5.82 Å². The molecule has 1 aromatic carbocycles. The van der Waals surface area contributed by atoms with Crippen molar-refractivity contribution in [2.24, 2.45) is 5.92 Å². The van der Waals surface area contributed by atoms with Gasteiger partial charge in [0.2, 0.25) is 0 Å². The predicted molar refractivity (Wildman–Crippen MR) is 90.8 cm³/mol. The van der Waals surface area contributed by atoms with Gasteiger partial charge in [-0.25, -0.2) is 9.97 Å². The highest BCUT2D eigenvalue weighted by Gasteiger charge is 2.21. The summed E-state index contributed by atoms with van der Waals surface area (Å²) in [7, 11) is 0. The first-order valence-corrected chi connectivity index (χ1v) is 8.31. The van der Waals surface area contributed by atoms with Crippen molar-refractivity contribution in [1.82, 2.24) is 14.5 Å². The SMILES string of the molecule is CCc1nc2c(N)nc3ccccc3c2n1CC1CCCC1. The molecule has 4 heteroatoms. The first-order valence-electron chi connectivity index (χ1n) is 8.31. The number of hydrogen-bond donors (Lipinski definition) is 1. The Morgan fingerprint density at radius 3 is 2.73 bits per heavy atom. The number of hydrogen-bond acceptors (Lipinski definition) is 3. The van der Waals surface area contributed by atoms with Crippen LogP contribution in [0.5, 0.6) is 0 Å². The van der Waals surface area contributed by atoms with Crippen molar-refractivity contribution in [3.8, 4) is 0 Å². The zero-order chi connectivity index (χ0) is 15.1. The summed E-state index contributed by atoms with van der Waals surface area (Å²) >= 11 is 0. The van der Waals surface area contributed by atoms with Gasteiger partial charge in [-0.05, 0) is 24.8 Å². The van der Waals surface area contributed by atoms with E-state index in [2.05, 4.69) is 28.6 Å². The molecule has 22 heavy (non-hydrogen) atoms. The second-order valence-electron chi connectivity index (χ2n) is 6.35.